The highest BCUT2D eigenvalue weighted by molar-refractivity contribution is 8.15. The van der Waals surface area contributed by atoms with Gasteiger partial charge >= 0.3 is 6.18 Å². The highest BCUT2D eigenvalue weighted by atomic mass is 32.2. The number of amidine groups is 1. The molecule has 8 nitrogen and oxygen atoms in total. The van der Waals surface area contributed by atoms with Gasteiger partial charge < -0.3 is 20.5 Å². The highest BCUT2D eigenvalue weighted by Gasteiger charge is 2.66. The quantitative estimate of drug-likeness (QED) is 0.561. The monoisotopic (exact) mass is 499 g/mol. The summed E-state index contributed by atoms with van der Waals surface area (Å²) < 4.78 is 61.2. The van der Waals surface area contributed by atoms with E-state index in [2.05, 4.69) is 25.0 Å². The number of aliphatic imine (C=N–C) groups is 1. The van der Waals surface area contributed by atoms with E-state index in [9.17, 15) is 22.4 Å². The Bertz CT molecular complexity index is 1130. The third-order valence-electron chi connectivity index (χ3n) is 5.76. The summed E-state index contributed by atoms with van der Waals surface area (Å²) in [6, 6.07) is 4.10. The van der Waals surface area contributed by atoms with Crippen LogP contribution < -0.4 is 15.8 Å². The molecule has 1 aromatic heterocycles. The van der Waals surface area contributed by atoms with E-state index in [4.69, 9.17) is 10.5 Å². The van der Waals surface area contributed by atoms with Gasteiger partial charge in [-0.3, -0.25) is 9.79 Å². The number of alkyl halides is 3. The van der Waals surface area contributed by atoms with Crippen molar-refractivity contribution < 1.29 is 31.8 Å². The number of amides is 1. The molecule has 2 aliphatic rings. The lowest BCUT2D eigenvalue weighted by Gasteiger charge is -2.34. The molecule has 182 valence electrons. The zero-order chi connectivity index (χ0) is 24.7. The van der Waals surface area contributed by atoms with Crippen LogP contribution in [0.1, 0.15) is 29.4 Å². The molecule has 1 aliphatic heterocycles. The lowest BCUT2D eigenvalue weighted by Crippen LogP contribution is -2.37. The van der Waals surface area contributed by atoms with Crippen LogP contribution in [0.2, 0.25) is 0 Å². The lowest BCUT2D eigenvalue weighted by atomic mass is 9.85. The molecule has 2 aromatic rings. The van der Waals surface area contributed by atoms with Gasteiger partial charge in [-0.2, -0.15) is 13.2 Å². The summed E-state index contributed by atoms with van der Waals surface area (Å²) in [6.45, 7) is 0.729. The molecule has 3 N–H and O–H groups in total. The molecule has 2 heterocycles. The van der Waals surface area contributed by atoms with Crippen LogP contribution in [0.25, 0.3) is 0 Å². The van der Waals surface area contributed by atoms with Crippen LogP contribution in [0.5, 0.6) is 5.88 Å². The van der Waals surface area contributed by atoms with Gasteiger partial charge in [-0.15, -0.1) is 0 Å². The molecule has 0 spiro atoms. The molecule has 1 amide bonds. The normalized spacial score (nSPS) is 25.8. The molecule has 3 atom stereocenters. The van der Waals surface area contributed by atoms with Gasteiger partial charge in [0.25, 0.3) is 5.91 Å². The highest BCUT2D eigenvalue weighted by Crippen LogP contribution is 2.66. The summed E-state index contributed by atoms with van der Waals surface area (Å²) in [4.78, 5) is 24.6. The van der Waals surface area contributed by atoms with Crippen LogP contribution in [0.3, 0.4) is 0 Å². The number of nitrogens with one attached hydrogen (secondary N) is 1. The van der Waals surface area contributed by atoms with Crippen molar-refractivity contribution in [2.75, 3.05) is 25.6 Å². The molecule has 0 bridgehead atoms. The second kappa shape index (κ2) is 8.69. The zero-order valence-electron chi connectivity index (χ0n) is 18.1. The number of benzene rings is 1. The first kappa shape index (κ1) is 24.2. The number of ether oxygens (including phenoxy) is 2. The van der Waals surface area contributed by atoms with Crippen molar-refractivity contribution in [1.82, 2.24) is 9.97 Å². The minimum absolute atomic E-state index is 0.00666. The maximum Gasteiger partial charge on any atom is 0.422 e. The number of aromatic nitrogens is 2. The van der Waals surface area contributed by atoms with Crippen molar-refractivity contribution in [2.24, 2.45) is 16.6 Å². The molecule has 1 fully saturated rings. The number of carbonyl (C=O) groups is 1. The Labute approximate surface area is 196 Å². The van der Waals surface area contributed by atoms with E-state index < -0.39 is 30.0 Å². The number of rotatable bonds is 7. The predicted molar refractivity (Wildman–Crippen MR) is 117 cm³/mol. The second-order valence-electron chi connectivity index (χ2n) is 8.25. The van der Waals surface area contributed by atoms with Crippen LogP contribution in [0, 0.1) is 11.7 Å². The fourth-order valence-corrected chi connectivity index (χ4v) is 5.63. The molecule has 4 rings (SSSR count). The third kappa shape index (κ3) is 4.80. The number of carbonyl (C=O) groups excluding carboxylic acids is 1. The maximum atomic E-state index is 14.9. The summed E-state index contributed by atoms with van der Waals surface area (Å²) >= 11 is 1.43. The number of thioether (sulfide) groups is 1. The van der Waals surface area contributed by atoms with Gasteiger partial charge in [0.15, 0.2) is 11.8 Å². The van der Waals surface area contributed by atoms with E-state index in [0.717, 1.165) is 18.8 Å². The van der Waals surface area contributed by atoms with Crippen LogP contribution in [0.15, 0.2) is 35.6 Å². The largest absolute Gasteiger partial charge is 0.467 e. The van der Waals surface area contributed by atoms with Crippen molar-refractivity contribution in [1.29, 1.82) is 0 Å². The van der Waals surface area contributed by atoms with Crippen molar-refractivity contribution in [3.8, 4) is 5.88 Å². The van der Waals surface area contributed by atoms with Crippen LogP contribution >= 0.6 is 11.8 Å². The number of hydrogen-bond donors (Lipinski definition) is 2. The Kier molecular flexibility index (Phi) is 6.19. The number of hydrogen-bond acceptors (Lipinski definition) is 8. The van der Waals surface area contributed by atoms with Gasteiger partial charge in [0.05, 0.1) is 29.3 Å². The standard InChI is InChI=1S/C21H21F4N5O3S/c1-19(15-6-20(15,9-32-2)34-18(26)30-19)12-5-11(3-4-13(12)22)29-17(31)14-7-28-16(8-27-14)33-10-21(23,24)25/h3-5,7-8,15H,6,9-10H2,1-2H3,(H2,26,30)(H,29,31)/t15-,19+,20+/m0/s1. The molecule has 0 unspecified atom stereocenters. The lowest BCUT2D eigenvalue weighted by molar-refractivity contribution is -0.154. The van der Waals surface area contributed by atoms with Crippen LogP contribution in [0.4, 0.5) is 23.2 Å². The number of nitrogens with zero attached hydrogens (tertiary/aromatic N) is 3. The molecule has 1 aliphatic carbocycles. The molecule has 1 aromatic carbocycles. The number of anilines is 1. The van der Waals surface area contributed by atoms with Gasteiger partial charge in [-0.1, -0.05) is 11.8 Å². The molecule has 34 heavy (non-hydrogen) atoms. The van der Waals surface area contributed by atoms with Crippen molar-refractivity contribution in [3.63, 3.8) is 0 Å². The molecule has 0 radical (unpaired) electrons. The summed E-state index contributed by atoms with van der Waals surface area (Å²) in [6.07, 6.45) is -1.87. The minimum Gasteiger partial charge on any atom is -0.467 e. The molecule has 13 heteroatoms. The number of fused-ring (bicyclic) bond motifs is 1. The SMILES string of the molecule is COC[C@]12C[C@H]1[C@@](C)(c1cc(NC(=O)c3cnc(OCC(F)(F)F)cn3)ccc1F)N=C(N)S2. The Morgan fingerprint density at radius 2 is 2.09 bits per heavy atom. The minimum atomic E-state index is -4.52. The fourth-order valence-electron chi connectivity index (χ4n) is 4.18. The Hall–Kier alpha value is -2.93. The summed E-state index contributed by atoms with van der Waals surface area (Å²) in [5.41, 5.74) is 5.51. The maximum absolute atomic E-state index is 14.9. The van der Waals surface area contributed by atoms with E-state index in [1.807, 2.05) is 0 Å². The molecule has 1 saturated carbocycles. The zero-order valence-corrected chi connectivity index (χ0v) is 19.0. The van der Waals surface area contributed by atoms with E-state index in [-0.39, 0.29) is 33.5 Å². The first-order chi connectivity index (χ1) is 16.0. The fraction of sp³-hybridized carbons (Fsp3) is 0.429. The Morgan fingerprint density at radius 1 is 1.32 bits per heavy atom. The summed E-state index contributed by atoms with van der Waals surface area (Å²) in [5.74, 6) is -1.55. The van der Waals surface area contributed by atoms with Crippen molar-refractivity contribution in [2.45, 2.75) is 29.8 Å². The molecule has 0 saturated heterocycles. The average molecular weight is 499 g/mol. The van der Waals surface area contributed by atoms with Gasteiger partial charge in [-0.05, 0) is 31.5 Å². The topological polar surface area (TPSA) is 112 Å². The first-order valence-corrected chi connectivity index (χ1v) is 10.9. The second-order valence-corrected chi connectivity index (χ2v) is 9.68. The van der Waals surface area contributed by atoms with Gasteiger partial charge in [0.1, 0.15) is 11.5 Å². The Balaban J connectivity index is 1.52. The van der Waals surface area contributed by atoms with Gasteiger partial charge in [0, 0.05) is 24.3 Å². The Morgan fingerprint density at radius 3 is 2.74 bits per heavy atom. The van der Waals surface area contributed by atoms with Crippen molar-refractivity contribution in [3.05, 3.63) is 47.7 Å². The number of methoxy groups -OCH3 is 1. The molecular formula is C21H21F4N5O3S. The number of halogens is 4. The summed E-state index contributed by atoms with van der Waals surface area (Å²) in [7, 11) is 1.60. The number of nitrogens with two attached hydrogens (primary N) is 1. The summed E-state index contributed by atoms with van der Waals surface area (Å²) in [5, 5.41) is 2.93. The van der Waals surface area contributed by atoms with E-state index in [1.54, 1.807) is 14.0 Å². The van der Waals surface area contributed by atoms with E-state index in [0.29, 0.717) is 11.8 Å². The molecular weight excluding hydrogens is 478 g/mol. The van der Waals surface area contributed by atoms with E-state index >= 15 is 0 Å². The predicted octanol–water partition coefficient (Wildman–Crippen LogP) is 3.49. The van der Waals surface area contributed by atoms with Crippen molar-refractivity contribution >= 4 is 28.5 Å². The smallest absolute Gasteiger partial charge is 0.422 e. The average Bonchev–Trinajstić information content (AvgIpc) is 3.48. The van der Waals surface area contributed by atoms with Gasteiger partial charge in [0.2, 0.25) is 5.88 Å². The van der Waals surface area contributed by atoms with Crippen LogP contribution in [-0.2, 0) is 10.3 Å². The third-order valence-corrected chi connectivity index (χ3v) is 7.03. The first-order valence-electron chi connectivity index (χ1n) is 10.1. The van der Waals surface area contributed by atoms with Crippen LogP contribution in [-0.4, -0.2) is 52.3 Å². The van der Waals surface area contributed by atoms with Gasteiger partial charge in [-0.25, -0.2) is 14.4 Å². The van der Waals surface area contributed by atoms with E-state index in [1.165, 1.54) is 30.0 Å².